The van der Waals surface area contributed by atoms with Crippen molar-refractivity contribution in [3.8, 4) is 0 Å². The van der Waals surface area contributed by atoms with Crippen LogP contribution in [0.2, 0.25) is 0 Å². The van der Waals surface area contributed by atoms with Crippen molar-refractivity contribution < 1.29 is 9.50 Å². The number of aliphatic hydroxyl groups excluding tert-OH is 1. The van der Waals surface area contributed by atoms with Crippen molar-refractivity contribution in [1.82, 2.24) is 0 Å². The van der Waals surface area contributed by atoms with Gasteiger partial charge in [-0.25, -0.2) is 4.39 Å². The molecule has 1 aliphatic carbocycles. The number of rotatable bonds is 2. The second-order valence-corrected chi connectivity index (χ2v) is 5.19. The molecular weight excluding hydrogens is 203 g/mol. The lowest BCUT2D eigenvalue weighted by Crippen LogP contribution is -2.56. The Bertz CT molecular complexity index is 373. The van der Waals surface area contributed by atoms with Gasteiger partial charge in [0, 0.05) is 5.41 Å². The van der Waals surface area contributed by atoms with Crippen LogP contribution in [-0.4, -0.2) is 11.2 Å². The molecule has 0 spiro atoms. The molecule has 0 radical (unpaired) electrons. The van der Waals surface area contributed by atoms with E-state index in [1.165, 1.54) is 12.1 Å². The Morgan fingerprint density at radius 2 is 1.88 bits per heavy atom. The van der Waals surface area contributed by atoms with Crippen molar-refractivity contribution in [1.29, 1.82) is 0 Å². The van der Waals surface area contributed by atoms with Gasteiger partial charge in [-0.1, -0.05) is 32.9 Å². The minimum absolute atomic E-state index is 0.0583. The first-order valence-corrected chi connectivity index (χ1v) is 5.94. The first-order chi connectivity index (χ1) is 7.50. The van der Waals surface area contributed by atoms with Gasteiger partial charge in [-0.05, 0) is 36.0 Å². The topological polar surface area (TPSA) is 20.2 Å². The Balaban J connectivity index is 2.30. The summed E-state index contributed by atoms with van der Waals surface area (Å²) in [5.74, 6) is 0.401. The molecule has 88 valence electrons. The Kier molecular flexibility index (Phi) is 2.79. The van der Waals surface area contributed by atoms with Crippen molar-refractivity contribution in [3.05, 3.63) is 35.6 Å². The van der Waals surface area contributed by atoms with Crippen LogP contribution in [-0.2, 0) is 0 Å². The Labute approximate surface area is 96.3 Å². The van der Waals surface area contributed by atoms with E-state index in [1.54, 1.807) is 0 Å². The van der Waals surface area contributed by atoms with Crippen LogP contribution < -0.4 is 0 Å². The monoisotopic (exact) mass is 222 g/mol. The van der Waals surface area contributed by atoms with Crippen LogP contribution >= 0.6 is 0 Å². The van der Waals surface area contributed by atoms with Gasteiger partial charge in [0.05, 0.1) is 6.10 Å². The second-order valence-electron chi connectivity index (χ2n) is 5.19. The smallest absolute Gasteiger partial charge is 0.123 e. The molecule has 0 aromatic heterocycles. The first kappa shape index (κ1) is 11.6. The summed E-state index contributed by atoms with van der Waals surface area (Å²) in [7, 11) is 0. The van der Waals surface area contributed by atoms with Gasteiger partial charge < -0.3 is 5.11 Å². The molecule has 1 aromatic rings. The van der Waals surface area contributed by atoms with E-state index < -0.39 is 0 Å². The quantitative estimate of drug-likeness (QED) is 0.813. The molecule has 1 N–H and O–H groups in total. The summed E-state index contributed by atoms with van der Waals surface area (Å²) in [5.41, 5.74) is 1.08. The molecule has 1 aromatic carbocycles. The fourth-order valence-electron chi connectivity index (χ4n) is 3.23. The highest BCUT2D eigenvalue weighted by molar-refractivity contribution is 5.29. The van der Waals surface area contributed by atoms with Crippen LogP contribution in [0.1, 0.15) is 38.7 Å². The summed E-state index contributed by atoms with van der Waals surface area (Å²) in [6.07, 6.45) is 0.702. The number of hydrogen-bond acceptors (Lipinski definition) is 1. The summed E-state index contributed by atoms with van der Waals surface area (Å²) < 4.78 is 12.9. The van der Waals surface area contributed by atoms with Gasteiger partial charge >= 0.3 is 0 Å². The van der Waals surface area contributed by atoms with E-state index in [1.807, 2.05) is 12.1 Å². The van der Waals surface area contributed by atoms with Gasteiger partial charge in [0.1, 0.15) is 5.82 Å². The maximum absolute atomic E-state index is 12.9. The van der Waals surface area contributed by atoms with Gasteiger partial charge in [0.25, 0.3) is 0 Å². The molecular formula is C14H19FO. The molecule has 0 saturated heterocycles. The van der Waals surface area contributed by atoms with Crippen LogP contribution in [0.3, 0.4) is 0 Å². The average molecular weight is 222 g/mol. The highest BCUT2D eigenvalue weighted by atomic mass is 19.1. The number of benzene rings is 1. The van der Waals surface area contributed by atoms with E-state index in [4.69, 9.17) is 0 Å². The summed E-state index contributed by atoms with van der Waals surface area (Å²) in [6.45, 7) is 6.29. The second kappa shape index (κ2) is 3.85. The maximum atomic E-state index is 12.9. The van der Waals surface area contributed by atoms with Crippen LogP contribution in [0.25, 0.3) is 0 Å². The zero-order valence-electron chi connectivity index (χ0n) is 10.1. The molecule has 0 bridgehead atoms. The molecule has 1 aliphatic rings. The molecule has 2 heteroatoms. The van der Waals surface area contributed by atoms with Gasteiger partial charge in [0.15, 0.2) is 0 Å². The fourth-order valence-corrected chi connectivity index (χ4v) is 3.23. The SMILES string of the molecule is CCC1(C)C(O)C(C)C1c1ccc(F)cc1. The fraction of sp³-hybridized carbons (Fsp3) is 0.571. The number of aliphatic hydroxyl groups is 1. The highest BCUT2D eigenvalue weighted by Gasteiger charge is 2.55. The average Bonchev–Trinajstić information content (AvgIpc) is 2.31. The van der Waals surface area contributed by atoms with E-state index in [9.17, 15) is 9.50 Å². The third-order valence-electron chi connectivity index (χ3n) is 4.40. The lowest BCUT2D eigenvalue weighted by Gasteiger charge is -2.57. The first-order valence-electron chi connectivity index (χ1n) is 5.94. The standard InChI is InChI=1S/C14H19FO/c1-4-14(3)12(9(2)13(14)16)10-5-7-11(15)8-6-10/h5-9,12-13,16H,4H2,1-3H3. The third-order valence-corrected chi connectivity index (χ3v) is 4.40. The summed E-state index contributed by atoms with van der Waals surface area (Å²) >= 11 is 0. The predicted molar refractivity (Wildman–Crippen MR) is 62.7 cm³/mol. The van der Waals surface area contributed by atoms with E-state index in [0.29, 0.717) is 5.92 Å². The molecule has 0 aliphatic heterocycles. The molecule has 1 saturated carbocycles. The molecule has 1 fully saturated rings. The Morgan fingerprint density at radius 1 is 1.31 bits per heavy atom. The van der Waals surface area contributed by atoms with Gasteiger partial charge in [-0.15, -0.1) is 0 Å². The summed E-state index contributed by atoms with van der Waals surface area (Å²) in [4.78, 5) is 0. The van der Waals surface area contributed by atoms with Crippen molar-refractivity contribution in [3.63, 3.8) is 0 Å². The van der Waals surface area contributed by atoms with Crippen LogP contribution in [0, 0.1) is 17.2 Å². The minimum Gasteiger partial charge on any atom is -0.392 e. The van der Waals surface area contributed by atoms with Crippen molar-refractivity contribution in [2.24, 2.45) is 11.3 Å². The molecule has 4 unspecified atom stereocenters. The van der Waals surface area contributed by atoms with Gasteiger partial charge in [-0.3, -0.25) is 0 Å². The van der Waals surface area contributed by atoms with E-state index in [-0.39, 0.29) is 23.3 Å². The normalized spacial score (nSPS) is 38.2. The van der Waals surface area contributed by atoms with E-state index >= 15 is 0 Å². The molecule has 4 atom stereocenters. The van der Waals surface area contributed by atoms with Crippen LogP contribution in [0.15, 0.2) is 24.3 Å². The van der Waals surface area contributed by atoms with Gasteiger partial charge in [-0.2, -0.15) is 0 Å². The zero-order chi connectivity index (χ0) is 11.9. The van der Waals surface area contributed by atoms with Crippen molar-refractivity contribution >= 4 is 0 Å². The van der Waals surface area contributed by atoms with Crippen LogP contribution in [0.5, 0.6) is 0 Å². The predicted octanol–water partition coefficient (Wildman–Crippen LogP) is 3.34. The molecule has 0 amide bonds. The Hall–Kier alpha value is -0.890. The molecule has 0 heterocycles. The van der Waals surface area contributed by atoms with Crippen molar-refractivity contribution in [2.45, 2.75) is 39.2 Å². The number of hydrogen-bond donors (Lipinski definition) is 1. The van der Waals surface area contributed by atoms with Crippen LogP contribution in [0.4, 0.5) is 4.39 Å². The lowest BCUT2D eigenvalue weighted by atomic mass is 9.50. The van der Waals surface area contributed by atoms with E-state index in [2.05, 4.69) is 20.8 Å². The van der Waals surface area contributed by atoms with E-state index in [0.717, 1.165) is 12.0 Å². The highest BCUT2D eigenvalue weighted by Crippen LogP contribution is 2.58. The molecule has 2 rings (SSSR count). The minimum atomic E-state index is -0.243. The molecule has 16 heavy (non-hydrogen) atoms. The zero-order valence-corrected chi connectivity index (χ0v) is 10.1. The summed E-state index contributed by atoms with van der Waals surface area (Å²) in [5, 5.41) is 10.0. The largest absolute Gasteiger partial charge is 0.392 e. The Morgan fingerprint density at radius 3 is 2.38 bits per heavy atom. The van der Waals surface area contributed by atoms with Crippen molar-refractivity contribution in [2.75, 3.05) is 0 Å². The third kappa shape index (κ3) is 1.47. The summed E-state index contributed by atoms with van der Waals surface area (Å²) in [6, 6.07) is 6.69. The number of halogens is 1. The maximum Gasteiger partial charge on any atom is 0.123 e. The molecule has 1 nitrogen and oxygen atoms in total. The van der Waals surface area contributed by atoms with Gasteiger partial charge in [0.2, 0.25) is 0 Å². The lowest BCUT2D eigenvalue weighted by molar-refractivity contribution is -0.129.